The van der Waals surface area contributed by atoms with Gasteiger partial charge in [-0.1, -0.05) is 12.1 Å². The van der Waals surface area contributed by atoms with E-state index in [1.165, 1.54) is 6.42 Å². The van der Waals surface area contributed by atoms with Gasteiger partial charge < -0.3 is 14.7 Å². The van der Waals surface area contributed by atoms with Gasteiger partial charge in [0.15, 0.2) is 11.8 Å². The maximum Gasteiger partial charge on any atom is 0.223 e. The van der Waals surface area contributed by atoms with Crippen LogP contribution in [0.2, 0.25) is 0 Å². The highest BCUT2D eigenvalue weighted by atomic mass is 127. The molecule has 6 nitrogen and oxygen atoms in total. The van der Waals surface area contributed by atoms with Gasteiger partial charge in [-0.05, 0) is 6.42 Å². The summed E-state index contributed by atoms with van der Waals surface area (Å²) in [7, 11) is 1.81. The fraction of sp³-hybridized carbons (Fsp3) is 0.750. The second-order valence-corrected chi connectivity index (χ2v) is 5.89. The average molecular weight is 411 g/mol. The zero-order valence-electron chi connectivity index (χ0n) is 12.1. The molecule has 1 aromatic heterocycles. The standard InChI is InChI=1S/C12H21N5OS.HI/c1-4-10-8-17(5-6-19-10)12(13-3)14-7-11-15-9(2)18-16-11;/h10H,4-8H2,1-3H3,(H,13,14);1H. The highest BCUT2D eigenvalue weighted by Gasteiger charge is 2.21. The normalized spacial score (nSPS) is 19.6. The number of aliphatic imine (C=N–C) groups is 1. The number of halogens is 1. The van der Waals surface area contributed by atoms with Crippen LogP contribution in [0.1, 0.15) is 25.1 Å². The molecule has 0 aromatic carbocycles. The lowest BCUT2D eigenvalue weighted by Crippen LogP contribution is -2.47. The van der Waals surface area contributed by atoms with Crippen LogP contribution in [0, 0.1) is 6.92 Å². The van der Waals surface area contributed by atoms with Crippen molar-refractivity contribution in [3.05, 3.63) is 11.7 Å². The van der Waals surface area contributed by atoms with Crippen LogP contribution in [0.3, 0.4) is 0 Å². The molecule has 0 saturated carbocycles. The summed E-state index contributed by atoms with van der Waals surface area (Å²) < 4.78 is 4.95. The summed E-state index contributed by atoms with van der Waals surface area (Å²) in [5, 5.41) is 7.86. The summed E-state index contributed by atoms with van der Waals surface area (Å²) in [5.74, 6) is 3.33. The second kappa shape index (κ2) is 8.71. The molecule has 0 radical (unpaired) electrons. The number of rotatable bonds is 3. The molecule has 1 aromatic rings. The molecule has 1 saturated heterocycles. The van der Waals surface area contributed by atoms with E-state index in [1.54, 1.807) is 6.92 Å². The van der Waals surface area contributed by atoms with E-state index in [0.717, 1.165) is 24.8 Å². The number of hydrogen-bond acceptors (Lipinski definition) is 5. The number of guanidine groups is 1. The molecule has 2 heterocycles. The molecular weight excluding hydrogens is 389 g/mol. The van der Waals surface area contributed by atoms with Crippen molar-refractivity contribution in [2.24, 2.45) is 4.99 Å². The Morgan fingerprint density at radius 1 is 1.60 bits per heavy atom. The lowest BCUT2D eigenvalue weighted by Gasteiger charge is -2.34. The van der Waals surface area contributed by atoms with Crippen LogP contribution in [0.15, 0.2) is 9.52 Å². The summed E-state index contributed by atoms with van der Waals surface area (Å²) >= 11 is 2.05. The molecule has 0 spiro atoms. The molecule has 1 unspecified atom stereocenters. The number of nitrogens with one attached hydrogen (secondary N) is 1. The Bertz CT molecular complexity index is 439. The minimum atomic E-state index is 0. The number of thioether (sulfide) groups is 1. The first-order valence-corrected chi connectivity index (χ1v) is 7.64. The van der Waals surface area contributed by atoms with Gasteiger partial charge in [0.05, 0.1) is 6.54 Å². The van der Waals surface area contributed by atoms with Gasteiger partial charge in [-0.3, -0.25) is 4.99 Å². The molecule has 1 aliphatic heterocycles. The van der Waals surface area contributed by atoms with E-state index in [1.807, 2.05) is 18.8 Å². The van der Waals surface area contributed by atoms with Gasteiger partial charge in [-0.25, -0.2) is 0 Å². The lowest BCUT2D eigenvalue weighted by atomic mass is 10.3. The van der Waals surface area contributed by atoms with E-state index in [0.29, 0.717) is 23.5 Å². The van der Waals surface area contributed by atoms with E-state index in [2.05, 4.69) is 32.3 Å². The van der Waals surface area contributed by atoms with Crippen molar-refractivity contribution in [3.8, 4) is 0 Å². The van der Waals surface area contributed by atoms with Gasteiger partial charge in [0.25, 0.3) is 0 Å². The molecule has 1 N–H and O–H groups in total. The van der Waals surface area contributed by atoms with Crippen LogP contribution in [0.5, 0.6) is 0 Å². The van der Waals surface area contributed by atoms with Gasteiger partial charge in [-0.15, -0.1) is 24.0 Å². The Hall–Kier alpha value is -0.510. The van der Waals surface area contributed by atoms with Gasteiger partial charge in [0.1, 0.15) is 0 Å². The van der Waals surface area contributed by atoms with Gasteiger partial charge in [-0.2, -0.15) is 16.7 Å². The zero-order valence-corrected chi connectivity index (χ0v) is 15.3. The molecule has 1 fully saturated rings. The van der Waals surface area contributed by atoms with Crippen LogP contribution in [-0.4, -0.2) is 52.1 Å². The number of hydrogen-bond donors (Lipinski definition) is 1. The van der Waals surface area contributed by atoms with E-state index in [-0.39, 0.29) is 24.0 Å². The first-order valence-electron chi connectivity index (χ1n) is 6.59. The zero-order chi connectivity index (χ0) is 13.7. The summed E-state index contributed by atoms with van der Waals surface area (Å²) in [6.07, 6.45) is 1.20. The van der Waals surface area contributed by atoms with Crippen LogP contribution in [0.25, 0.3) is 0 Å². The van der Waals surface area contributed by atoms with E-state index >= 15 is 0 Å². The van der Waals surface area contributed by atoms with Gasteiger partial charge in [0.2, 0.25) is 5.89 Å². The third-order valence-corrected chi connectivity index (χ3v) is 4.45. The second-order valence-electron chi connectivity index (χ2n) is 4.48. The highest BCUT2D eigenvalue weighted by molar-refractivity contribution is 14.0. The molecule has 1 aliphatic rings. The van der Waals surface area contributed by atoms with Crippen LogP contribution in [0.4, 0.5) is 0 Å². The highest BCUT2D eigenvalue weighted by Crippen LogP contribution is 2.20. The average Bonchev–Trinajstić information content (AvgIpc) is 2.85. The fourth-order valence-electron chi connectivity index (χ4n) is 2.06. The smallest absolute Gasteiger partial charge is 0.223 e. The summed E-state index contributed by atoms with van der Waals surface area (Å²) in [4.78, 5) is 10.8. The van der Waals surface area contributed by atoms with Crippen LogP contribution in [-0.2, 0) is 6.54 Å². The van der Waals surface area contributed by atoms with Crippen molar-refractivity contribution in [3.63, 3.8) is 0 Å². The molecule has 2 rings (SSSR count). The van der Waals surface area contributed by atoms with Crippen molar-refractivity contribution >= 4 is 41.7 Å². The first kappa shape index (κ1) is 17.5. The first-order chi connectivity index (χ1) is 9.22. The Labute approximate surface area is 141 Å². The van der Waals surface area contributed by atoms with Crippen molar-refractivity contribution in [1.82, 2.24) is 20.4 Å². The monoisotopic (exact) mass is 411 g/mol. The molecule has 20 heavy (non-hydrogen) atoms. The lowest BCUT2D eigenvalue weighted by molar-refractivity contribution is 0.384. The number of aromatic nitrogens is 2. The van der Waals surface area contributed by atoms with Crippen molar-refractivity contribution in [2.75, 3.05) is 25.9 Å². The van der Waals surface area contributed by atoms with Crippen molar-refractivity contribution < 1.29 is 4.52 Å². The Balaban J connectivity index is 0.00000200. The maximum atomic E-state index is 4.95. The Morgan fingerprint density at radius 3 is 3.00 bits per heavy atom. The molecule has 0 aliphatic carbocycles. The SMILES string of the molecule is CCC1CN(C(=NC)NCc2noc(C)n2)CCS1.I. The molecule has 1 atom stereocenters. The van der Waals surface area contributed by atoms with Crippen molar-refractivity contribution in [1.29, 1.82) is 0 Å². The van der Waals surface area contributed by atoms with Crippen LogP contribution >= 0.6 is 35.7 Å². The largest absolute Gasteiger partial charge is 0.349 e. The minimum absolute atomic E-state index is 0. The van der Waals surface area contributed by atoms with E-state index < -0.39 is 0 Å². The topological polar surface area (TPSA) is 66.5 Å². The van der Waals surface area contributed by atoms with E-state index in [9.17, 15) is 0 Å². The number of nitrogens with zero attached hydrogens (tertiary/aromatic N) is 4. The molecule has 114 valence electrons. The molecular formula is C12H22IN5OS. The van der Waals surface area contributed by atoms with E-state index in [4.69, 9.17) is 4.52 Å². The van der Waals surface area contributed by atoms with Gasteiger partial charge in [0, 0.05) is 38.1 Å². The quantitative estimate of drug-likeness (QED) is 0.466. The Morgan fingerprint density at radius 2 is 2.40 bits per heavy atom. The minimum Gasteiger partial charge on any atom is -0.349 e. The third kappa shape index (κ3) is 4.80. The predicted octanol–water partition coefficient (Wildman–Crippen LogP) is 1.90. The number of aryl methyl sites for hydroxylation is 1. The Kier molecular flexibility index (Phi) is 7.63. The summed E-state index contributed by atoms with van der Waals surface area (Å²) in [6, 6.07) is 0. The third-order valence-electron chi connectivity index (χ3n) is 3.08. The fourth-order valence-corrected chi connectivity index (χ4v) is 3.24. The molecule has 0 bridgehead atoms. The maximum absolute atomic E-state index is 4.95. The predicted molar refractivity (Wildman–Crippen MR) is 92.8 cm³/mol. The molecule has 0 amide bonds. The van der Waals surface area contributed by atoms with Crippen LogP contribution < -0.4 is 5.32 Å². The summed E-state index contributed by atoms with van der Waals surface area (Å²) in [5.41, 5.74) is 0. The van der Waals surface area contributed by atoms with Crippen molar-refractivity contribution in [2.45, 2.75) is 32.1 Å². The molecule has 8 heteroatoms. The summed E-state index contributed by atoms with van der Waals surface area (Å²) in [6.45, 7) is 6.65. The van der Waals surface area contributed by atoms with Gasteiger partial charge >= 0.3 is 0 Å².